The number of aliphatic hydroxyl groups excluding tert-OH is 1. The molecule has 0 saturated heterocycles. The molecule has 3 heterocycles. The van der Waals surface area contributed by atoms with E-state index in [2.05, 4.69) is 14.7 Å². The van der Waals surface area contributed by atoms with Crippen molar-refractivity contribution in [2.45, 2.75) is 32.4 Å². The summed E-state index contributed by atoms with van der Waals surface area (Å²) >= 11 is 0. The third kappa shape index (κ3) is 6.33. The SMILES string of the molecule is O=c1c2c(nc(Oc3cccc(OC(F)(F)F)c3)n2Cc2ccc(F)cc2)n(Cc2cccnc2)c(=O)n1CCCO. The molecule has 0 unspecified atom stereocenters. The first-order valence-corrected chi connectivity index (χ1v) is 12.6. The molecule has 218 valence electrons. The van der Waals surface area contributed by atoms with Crippen LogP contribution in [0.25, 0.3) is 11.2 Å². The number of benzene rings is 2. The van der Waals surface area contributed by atoms with E-state index in [4.69, 9.17) is 4.74 Å². The highest BCUT2D eigenvalue weighted by Crippen LogP contribution is 2.30. The van der Waals surface area contributed by atoms with Crippen molar-refractivity contribution in [1.29, 1.82) is 0 Å². The van der Waals surface area contributed by atoms with Crippen LogP contribution in [0.15, 0.2) is 82.6 Å². The molecular weight excluding hydrogens is 562 g/mol. The Morgan fingerprint density at radius 1 is 0.881 bits per heavy atom. The molecule has 10 nitrogen and oxygen atoms in total. The molecule has 2 aromatic carbocycles. The highest BCUT2D eigenvalue weighted by molar-refractivity contribution is 5.72. The Bertz CT molecular complexity index is 1820. The van der Waals surface area contributed by atoms with Gasteiger partial charge in [0.25, 0.3) is 5.56 Å². The number of rotatable bonds is 10. The summed E-state index contributed by atoms with van der Waals surface area (Å²) in [6.07, 6.45) is -1.71. The van der Waals surface area contributed by atoms with Crippen LogP contribution in [0, 0.1) is 5.82 Å². The summed E-state index contributed by atoms with van der Waals surface area (Å²) in [7, 11) is 0. The van der Waals surface area contributed by atoms with Gasteiger partial charge in [0.15, 0.2) is 11.2 Å². The van der Waals surface area contributed by atoms with E-state index in [1.54, 1.807) is 24.5 Å². The lowest BCUT2D eigenvalue weighted by molar-refractivity contribution is -0.274. The lowest BCUT2D eigenvalue weighted by Gasteiger charge is -2.13. The summed E-state index contributed by atoms with van der Waals surface area (Å²) < 4.78 is 65.5. The van der Waals surface area contributed by atoms with E-state index in [0.29, 0.717) is 11.1 Å². The van der Waals surface area contributed by atoms with Crippen LogP contribution in [0.2, 0.25) is 0 Å². The van der Waals surface area contributed by atoms with E-state index in [-0.39, 0.29) is 55.6 Å². The van der Waals surface area contributed by atoms with Crippen LogP contribution < -0.4 is 20.7 Å². The van der Waals surface area contributed by atoms with Crippen LogP contribution in [-0.4, -0.2) is 41.7 Å². The number of aromatic nitrogens is 5. The van der Waals surface area contributed by atoms with Crippen molar-refractivity contribution in [2.75, 3.05) is 6.61 Å². The lowest BCUT2D eigenvalue weighted by Crippen LogP contribution is -2.41. The van der Waals surface area contributed by atoms with E-state index >= 15 is 0 Å². The van der Waals surface area contributed by atoms with Crippen LogP contribution in [-0.2, 0) is 19.6 Å². The average molecular weight is 586 g/mol. The van der Waals surface area contributed by atoms with Crippen molar-refractivity contribution in [3.8, 4) is 17.5 Å². The molecule has 0 saturated carbocycles. The molecule has 0 amide bonds. The molecule has 42 heavy (non-hydrogen) atoms. The van der Waals surface area contributed by atoms with Gasteiger partial charge in [0.1, 0.15) is 17.3 Å². The van der Waals surface area contributed by atoms with Crippen molar-refractivity contribution in [1.82, 2.24) is 23.7 Å². The molecule has 0 fully saturated rings. The van der Waals surface area contributed by atoms with Crippen molar-refractivity contribution >= 4 is 11.2 Å². The van der Waals surface area contributed by atoms with Crippen LogP contribution in [0.3, 0.4) is 0 Å². The molecule has 0 radical (unpaired) electrons. The number of ether oxygens (including phenoxy) is 2. The molecule has 14 heteroatoms. The first kappa shape index (κ1) is 28.5. The fourth-order valence-electron chi connectivity index (χ4n) is 4.35. The van der Waals surface area contributed by atoms with Crippen molar-refractivity contribution < 1.29 is 32.1 Å². The maximum atomic E-state index is 13.7. The number of aliphatic hydroxyl groups is 1. The molecule has 3 aromatic heterocycles. The van der Waals surface area contributed by atoms with E-state index in [1.807, 2.05) is 0 Å². The highest BCUT2D eigenvalue weighted by Gasteiger charge is 2.31. The second-order valence-electron chi connectivity index (χ2n) is 9.17. The molecule has 5 aromatic rings. The number of hydrogen-bond donors (Lipinski definition) is 1. The number of fused-ring (bicyclic) bond motifs is 1. The smallest absolute Gasteiger partial charge is 0.425 e. The molecule has 0 bridgehead atoms. The molecule has 0 aliphatic rings. The molecular formula is C28H23F4N5O5. The zero-order chi connectivity index (χ0) is 29.9. The Labute approximate surface area is 234 Å². The van der Waals surface area contributed by atoms with Gasteiger partial charge in [-0.1, -0.05) is 24.3 Å². The molecule has 1 N–H and O–H groups in total. The van der Waals surface area contributed by atoms with Gasteiger partial charge in [0.2, 0.25) is 0 Å². The van der Waals surface area contributed by atoms with Crippen LogP contribution >= 0.6 is 0 Å². The van der Waals surface area contributed by atoms with Crippen molar-refractivity contribution in [3.63, 3.8) is 0 Å². The Balaban J connectivity index is 1.71. The summed E-state index contributed by atoms with van der Waals surface area (Å²) in [4.78, 5) is 35.8. The Hall–Kier alpha value is -4.98. The standard InChI is InChI=1S/C28H23F4N5O5/c29-20-9-7-18(8-10-20)16-36-23-24(34-26(36)41-21-5-1-6-22(14-21)42-28(30,31)32)37(17-19-4-2-11-33-15-19)27(40)35(25(23)39)12-3-13-38/h1-2,4-11,14-15,38H,3,12-13,16-17H2. The van der Waals surface area contributed by atoms with E-state index in [1.165, 1.54) is 45.5 Å². The third-order valence-corrected chi connectivity index (χ3v) is 6.18. The number of alkyl halides is 3. The van der Waals surface area contributed by atoms with Gasteiger partial charge in [-0.2, -0.15) is 4.98 Å². The van der Waals surface area contributed by atoms with E-state index in [0.717, 1.165) is 16.7 Å². The fraction of sp³-hybridized carbons (Fsp3) is 0.214. The number of hydrogen-bond acceptors (Lipinski definition) is 7. The minimum Gasteiger partial charge on any atom is -0.425 e. The fourth-order valence-corrected chi connectivity index (χ4v) is 4.35. The second kappa shape index (κ2) is 11.9. The normalized spacial score (nSPS) is 11.6. The minimum absolute atomic E-state index is 0.0233. The summed E-state index contributed by atoms with van der Waals surface area (Å²) in [5, 5.41) is 9.38. The topological polar surface area (TPSA) is 113 Å². The largest absolute Gasteiger partial charge is 0.573 e. The van der Waals surface area contributed by atoms with Gasteiger partial charge in [-0.3, -0.25) is 23.5 Å². The molecule has 0 aliphatic heterocycles. The Kier molecular flexibility index (Phi) is 8.06. The number of pyridine rings is 1. The second-order valence-corrected chi connectivity index (χ2v) is 9.17. The van der Waals surface area contributed by atoms with Gasteiger partial charge in [-0.25, -0.2) is 9.18 Å². The van der Waals surface area contributed by atoms with Gasteiger partial charge in [-0.05, 0) is 47.9 Å². The summed E-state index contributed by atoms with van der Waals surface area (Å²) in [6.45, 7) is -0.451. The summed E-state index contributed by atoms with van der Waals surface area (Å²) in [6, 6.07) is 13.4. The van der Waals surface area contributed by atoms with Crippen molar-refractivity contribution in [2.24, 2.45) is 0 Å². The monoisotopic (exact) mass is 585 g/mol. The van der Waals surface area contributed by atoms with Crippen molar-refractivity contribution in [3.05, 3.63) is 111 Å². The zero-order valence-corrected chi connectivity index (χ0v) is 21.8. The summed E-state index contributed by atoms with van der Waals surface area (Å²) in [5.41, 5.74) is -0.331. The quantitative estimate of drug-likeness (QED) is 0.246. The molecule has 0 atom stereocenters. The van der Waals surface area contributed by atoms with Gasteiger partial charge >= 0.3 is 18.1 Å². The minimum atomic E-state index is -4.93. The lowest BCUT2D eigenvalue weighted by atomic mass is 10.2. The van der Waals surface area contributed by atoms with Crippen LogP contribution in [0.5, 0.6) is 17.5 Å². The third-order valence-electron chi connectivity index (χ3n) is 6.18. The van der Waals surface area contributed by atoms with Gasteiger partial charge in [0.05, 0.1) is 13.1 Å². The zero-order valence-electron chi connectivity index (χ0n) is 21.8. The first-order chi connectivity index (χ1) is 20.1. The highest BCUT2D eigenvalue weighted by atomic mass is 19.4. The molecule has 0 aliphatic carbocycles. The van der Waals surface area contributed by atoms with Crippen LogP contribution in [0.4, 0.5) is 17.6 Å². The number of imidazole rings is 1. The van der Waals surface area contributed by atoms with Gasteiger partial charge < -0.3 is 14.6 Å². The van der Waals surface area contributed by atoms with E-state index in [9.17, 15) is 32.3 Å². The predicted molar refractivity (Wildman–Crippen MR) is 142 cm³/mol. The maximum Gasteiger partial charge on any atom is 0.573 e. The van der Waals surface area contributed by atoms with E-state index < -0.39 is 29.2 Å². The summed E-state index contributed by atoms with van der Waals surface area (Å²) in [5.74, 6) is -1.11. The molecule has 5 rings (SSSR count). The first-order valence-electron chi connectivity index (χ1n) is 12.6. The number of halogens is 4. The Morgan fingerprint density at radius 2 is 1.62 bits per heavy atom. The molecule has 0 spiro atoms. The maximum absolute atomic E-state index is 13.7. The van der Waals surface area contributed by atoms with Gasteiger partial charge in [0, 0.05) is 31.6 Å². The average Bonchev–Trinajstić information content (AvgIpc) is 3.29. The Morgan fingerprint density at radius 3 is 2.31 bits per heavy atom. The van der Waals surface area contributed by atoms with Gasteiger partial charge in [-0.15, -0.1) is 13.2 Å². The number of nitrogens with zero attached hydrogens (tertiary/aromatic N) is 5. The predicted octanol–water partition coefficient (Wildman–Crippen LogP) is 4.06. The van der Waals surface area contributed by atoms with Crippen LogP contribution in [0.1, 0.15) is 17.5 Å².